The summed E-state index contributed by atoms with van der Waals surface area (Å²) in [6.07, 6.45) is 12.3. The second-order valence-corrected chi connectivity index (χ2v) is 10.3. The molecule has 0 radical (unpaired) electrons. The number of carbonyl (C=O) groups excluding carboxylic acids is 2. The molecule has 0 aliphatic heterocycles. The molecule has 1 aliphatic carbocycles. The van der Waals surface area contributed by atoms with Crippen LogP contribution in [-0.4, -0.2) is 59.7 Å². The lowest BCUT2D eigenvalue weighted by molar-refractivity contribution is -0.119. The molecule has 2 atom stereocenters. The molecule has 3 aromatic rings. The van der Waals surface area contributed by atoms with Gasteiger partial charge in [0.15, 0.2) is 0 Å². The van der Waals surface area contributed by atoms with Gasteiger partial charge in [-0.15, -0.1) is 23.5 Å². The predicted molar refractivity (Wildman–Crippen MR) is 151 cm³/mol. The second kappa shape index (κ2) is 13.8. The Morgan fingerprint density at radius 3 is 2.13 bits per heavy atom. The standard InChI is InChI=1S/C28H28N4O4S2/c1-35-25-15-19(3-5-23(25)31-27(33)17-37-21-7-11-29-12-8-21)20-4-6-24(26(16-20)36-2)32-28(34)18-38-22-9-13-30-14-10-22/h3-16,23,25H,17-18H2,1-2H3,(H,31,33)(H,32,34)/t23-,25+/m0/s1. The zero-order chi connectivity index (χ0) is 26.7. The Labute approximate surface area is 230 Å². The molecule has 0 unspecified atom stereocenters. The Morgan fingerprint density at radius 1 is 0.895 bits per heavy atom. The summed E-state index contributed by atoms with van der Waals surface area (Å²) < 4.78 is 11.2. The van der Waals surface area contributed by atoms with E-state index in [1.165, 1.54) is 23.5 Å². The monoisotopic (exact) mass is 548 g/mol. The maximum Gasteiger partial charge on any atom is 0.234 e. The summed E-state index contributed by atoms with van der Waals surface area (Å²) in [5.74, 6) is 0.912. The van der Waals surface area contributed by atoms with E-state index >= 15 is 0 Å². The largest absolute Gasteiger partial charge is 0.495 e. The van der Waals surface area contributed by atoms with E-state index in [9.17, 15) is 9.59 Å². The number of hydrogen-bond donors (Lipinski definition) is 2. The summed E-state index contributed by atoms with van der Waals surface area (Å²) in [6, 6.07) is 12.8. The van der Waals surface area contributed by atoms with E-state index < -0.39 is 0 Å². The van der Waals surface area contributed by atoms with Crippen LogP contribution in [0, 0.1) is 0 Å². The summed E-state index contributed by atoms with van der Waals surface area (Å²) in [4.78, 5) is 35.0. The third kappa shape index (κ3) is 7.70. The highest BCUT2D eigenvalue weighted by Gasteiger charge is 2.23. The van der Waals surface area contributed by atoms with Crippen molar-refractivity contribution < 1.29 is 19.1 Å². The van der Waals surface area contributed by atoms with Crippen molar-refractivity contribution >= 4 is 46.6 Å². The van der Waals surface area contributed by atoms with E-state index in [1.807, 2.05) is 60.7 Å². The van der Waals surface area contributed by atoms with Crippen LogP contribution in [-0.2, 0) is 14.3 Å². The van der Waals surface area contributed by atoms with E-state index in [0.29, 0.717) is 17.2 Å². The van der Waals surface area contributed by atoms with Crippen LogP contribution in [0.4, 0.5) is 5.69 Å². The number of aromatic nitrogens is 2. The Morgan fingerprint density at radius 2 is 1.53 bits per heavy atom. The van der Waals surface area contributed by atoms with Crippen molar-refractivity contribution in [2.45, 2.75) is 21.9 Å². The number of pyridine rings is 2. The lowest BCUT2D eigenvalue weighted by Crippen LogP contribution is -2.43. The van der Waals surface area contributed by atoms with Gasteiger partial charge in [-0.2, -0.15) is 0 Å². The smallest absolute Gasteiger partial charge is 0.234 e. The summed E-state index contributed by atoms with van der Waals surface area (Å²) in [7, 11) is 3.19. The number of carbonyl (C=O) groups is 2. The average molecular weight is 549 g/mol. The lowest BCUT2D eigenvalue weighted by Gasteiger charge is -2.26. The van der Waals surface area contributed by atoms with Gasteiger partial charge in [0.2, 0.25) is 11.8 Å². The topological polar surface area (TPSA) is 102 Å². The van der Waals surface area contributed by atoms with Gasteiger partial charge in [-0.05, 0) is 53.6 Å². The zero-order valence-electron chi connectivity index (χ0n) is 21.0. The molecule has 0 fully saturated rings. The van der Waals surface area contributed by atoms with Crippen LogP contribution >= 0.6 is 23.5 Å². The van der Waals surface area contributed by atoms with Crippen LogP contribution in [0.1, 0.15) is 5.56 Å². The molecule has 0 spiro atoms. The first kappa shape index (κ1) is 27.4. The second-order valence-electron chi connectivity index (χ2n) is 8.18. The number of benzene rings is 1. The number of nitrogens with one attached hydrogen (secondary N) is 2. The van der Waals surface area contributed by atoms with Gasteiger partial charge in [0.05, 0.1) is 36.4 Å². The first-order valence-electron chi connectivity index (χ1n) is 11.8. The van der Waals surface area contributed by atoms with Gasteiger partial charge in [-0.1, -0.05) is 18.2 Å². The third-order valence-electron chi connectivity index (χ3n) is 5.63. The minimum absolute atomic E-state index is 0.0794. The number of rotatable bonds is 11. The summed E-state index contributed by atoms with van der Waals surface area (Å²) in [5.41, 5.74) is 2.43. The molecule has 2 N–H and O–H groups in total. The quantitative estimate of drug-likeness (QED) is 0.339. The highest BCUT2D eigenvalue weighted by molar-refractivity contribution is 8.00. The summed E-state index contributed by atoms with van der Waals surface area (Å²) >= 11 is 2.89. The van der Waals surface area contributed by atoms with E-state index in [1.54, 1.807) is 39.0 Å². The fraction of sp³-hybridized carbons (Fsp3) is 0.214. The fourth-order valence-corrected chi connectivity index (χ4v) is 5.12. The minimum atomic E-state index is -0.333. The van der Waals surface area contributed by atoms with Crippen LogP contribution in [0.2, 0.25) is 0 Å². The van der Waals surface area contributed by atoms with E-state index in [-0.39, 0.29) is 29.7 Å². The van der Waals surface area contributed by atoms with Gasteiger partial charge in [0.25, 0.3) is 0 Å². The number of anilines is 1. The van der Waals surface area contributed by atoms with Gasteiger partial charge in [0, 0.05) is 41.7 Å². The van der Waals surface area contributed by atoms with E-state index in [0.717, 1.165) is 20.9 Å². The number of allylic oxidation sites excluding steroid dienone is 2. The molecular weight excluding hydrogens is 520 g/mol. The van der Waals surface area contributed by atoms with Gasteiger partial charge in [0.1, 0.15) is 5.75 Å². The minimum Gasteiger partial charge on any atom is -0.495 e. The van der Waals surface area contributed by atoms with Crippen LogP contribution in [0.25, 0.3) is 5.57 Å². The number of ether oxygens (including phenoxy) is 2. The highest BCUT2D eigenvalue weighted by Crippen LogP contribution is 2.31. The molecule has 2 aromatic heterocycles. The van der Waals surface area contributed by atoms with Gasteiger partial charge >= 0.3 is 0 Å². The first-order valence-corrected chi connectivity index (χ1v) is 13.8. The normalized spacial score (nSPS) is 16.4. The van der Waals surface area contributed by atoms with Crippen molar-refractivity contribution in [3.8, 4) is 5.75 Å². The Hall–Kier alpha value is -3.60. The van der Waals surface area contributed by atoms with E-state index in [2.05, 4.69) is 20.6 Å². The predicted octanol–water partition coefficient (Wildman–Crippen LogP) is 4.46. The zero-order valence-corrected chi connectivity index (χ0v) is 22.6. The summed E-state index contributed by atoms with van der Waals surface area (Å²) in [6.45, 7) is 0. The Bertz CT molecular complexity index is 1300. The molecule has 10 heteroatoms. The van der Waals surface area contributed by atoms with Crippen molar-refractivity contribution in [2.75, 3.05) is 31.0 Å². The lowest BCUT2D eigenvalue weighted by atomic mass is 9.94. The highest BCUT2D eigenvalue weighted by atomic mass is 32.2. The molecule has 2 heterocycles. The molecular formula is C28H28N4O4S2. The molecule has 196 valence electrons. The Balaban J connectivity index is 1.36. The van der Waals surface area contributed by atoms with Crippen molar-refractivity contribution in [3.05, 3.63) is 91.0 Å². The molecule has 8 nitrogen and oxygen atoms in total. The maximum atomic E-state index is 12.5. The van der Waals surface area contributed by atoms with Crippen molar-refractivity contribution in [3.63, 3.8) is 0 Å². The van der Waals surface area contributed by atoms with Crippen LogP contribution in [0.3, 0.4) is 0 Å². The molecule has 2 amide bonds. The van der Waals surface area contributed by atoms with Crippen molar-refractivity contribution in [1.82, 2.24) is 15.3 Å². The van der Waals surface area contributed by atoms with Crippen LogP contribution in [0.15, 0.2) is 95.3 Å². The molecule has 38 heavy (non-hydrogen) atoms. The third-order valence-corrected chi connectivity index (χ3v) is 7.65. The number of nitrogens with zero attached hydrogens (tertiary/aromatic N) is 2. The number of hydrogen-bond acceptors (Lipinski definition) is 8. The maximum absolute atomic E-state index is 12.5. The Kier molecular flexibility index (Phi) is 9.97. The molecule has 1 aromatic carbocycles. The van der Waals surface area contributed by atoms with Crippen molar-refractivity contribution in [1.29, 1.82) is 0 Å². The molecule has 1 aliphatic rings. The molecule has 4 rings (SSSR count). The number of methoxy groups -OCH3 is 2. The van der Waals surface area contributed by atoms with Crippen LogP contribution in [0.5, 0.6) is 5.75 Å². The SMILES string of the molecule is COc1cc(C2=C[C@@H](OC)[C@@H](NC(=O)CSc3ccncc3)C=C2)ccc1NC(=O)CSc1ccncc1. The molecule has 0 saturated heterocycles. The van der Waals surface area contributed by atoms with Gasteiger partial charge in [-0.3, -0.25) is 19.6 Å². The summed E-state index contributed by atoms with van der Waals surface area (Å²) in [5, 5.41) is 5.95. The fourth-order valence-electron chi connectivity index (χ4n) is 3.74. The van der Waals surface area contributed by atoms with Gasteiger partial charge in [-0.25, -0.2) is 0 Å². The van der Waals surface area contributed by atoms with Gasteiger partial charge < -0.3 is 20.1 Å². The molecule has 0 saturated carbocycles. The van der Waals surface area contributed by atoms with Crippen LogP contribution < -0.4 is 15.4 Å². The average Bonchev–Trinajstić information content (AvgIpc) is 2.96. The van der Waals surface area contributed by atoms with Crippen molar-refractivity contribution in [2.24, 2.45) is 0 Å². The first-order chi connectivity index (χ1) is 18.6. The number of thioether (sulfide) groups is 2. The number of amides is 2. The van der Waals surface area contributed by atoms with E-state index in [4.69, 9.17) is 9.47 Å². The molecule has 0 bridgehead atoms.